The molecule has 0 aliphatic carbocycles. The molecule has 0 heterocycles. The maximum Gasteiger partial charge on any atom is 0.338 e. The zero-order chi connectivity index (χ0) is 14.1. The molecule has 6 heteroatoms. The van der Waals surface area contributed by atoms with E-state index in [1.807, 2.05) is 30.3 Å². The highest BCUT2D eigenvalue weighted by Gasteiger charge is 2.29. The van der Waals surface area contributed by atoms with E-state index < -0.39 is 17.9 Å². The molecule has 1 atom stereocenters. The summed E-state index contributed by atoms with van der Waals surface area (Å²) >= 11 is 0. The van der Waals surface area contributed by atoms with Crippen LogP contribution >= 0.6 is 0 Å². The molecule has 0 aliphatic rings. The van der Waals surface area contributed by atoms with E-state index in [0.717, 1.165) is 5.56 Å². The maximum atomic E-state index is 11.8. The van der Waals surface area contributed by atoms with Crippen molar-refractivity contribution >= 4 is 11.9 Å². The summed E-state index contributed by atoms with van der Waals surface area (Å²) < 4.78 is 5.07. The van der Waals surface area contributed by atoms with E-state index in [0.29, 0.717) is 13.0 Å². The van der Waals surface area contributed by atoms with Crippen LogP contribution in [0.2, 0.25) is 0 Å². The monoisotopic (exact) mass is 266 g/mol. The summed E-state index contributed by atoms with van der Waals surface area (Å²) in [5.74, 6) is 2.34. The van der Waals surface area contributed by atoms with Crippen molar-refractivity contribution in [3.8, 4) is 0 Å². The molecular weight excluding hydrogens is 248 g/mol. The molecule has 0 unspecified atom stereocenters. The highest BCUT2D eigenvalue weighted by molar-refractivity contribution is 5.94. The molecule has 19 heavy (non-hydrogen) atoms. The molecule has 4 N–H and O–H groups in total. The van der Waals surface area contributed by atoms with Gasteiger partial charge in [-0.3, -0.25) is 4.79 Å². The van der Waals surface area contributed by atoms with Crippen LogP contribution in [0.4, 0.5) is 0 Å². The molecule has 0 radical (unpaired) electrons. The van der Waals surface area contributed by atoms with Crippen molar-refractivity contribution in [2.24, 2.45) is 17.5 Å². The molecule has 1 aromatic rings. The summed E-state index contributed by atoms with van der Waals surface area (Å²) in [5, 5.41) is 0. The largest absolute Gasteiger partial charge is 0.460 e. The first kappa shape index (κ1) is 15.1. The number of ether oxygens (including phenoxy) is 1. The Morgan fingerprint density at radius 3 is 2.42 bits per heavy atom. The third-order valence-electron chi connectivity index (χ3n) is 2.61. The third-order valence-corrected chi connectivity index (χ3v) is 2.61. The van der Waals surface area contributed by atoms with E-state index in [1.165, 1.54) is 0 Å². The van der Waals surface area contributed by atoms with Crippen LogP contribution in [0.15, 0.2) is 30.3 Å². The lowest BCUT2D eigenvalue weighted by atomic mass is 10.0. The fourth-order valence-electron chi connectivity index (χ4n) is 1.57. The van der Waals surface area contributed by atoms with Crippen LogP contribution in [0.1, 0.15) is 18.4 Å². The SMILES string of the molecule is NCCC[C@H](C(=O)ON)C(=O)OCc1ccccc1. The Labute approximate surface area is 111 Å². The van der Waals surface area contributed by atoms with Gasteiger partial charge in [-0.2, -0.15) is 5.90 Å². The van der Waals surface area contributed by atoms with Crippen LogP contribution in [-0.4, -0.2) is 18.5 Å². The minimum atomic E-state index is -1.02. The highest BCUT2D eigenvalue weighted by Crippen LogP contribution is 2.12. The van der Waals surface area contributed by atoms with Crippen molar-refractivity contribution in [3.05, 3.63) is 35.9 Å². The number of hydrogen-bond donors (Lipinski definition) is 2. The van der Waals surface area contributed by atoms with Gasteiger partial charge in [0.15, 0.2) is 5.92 Å². The van der Waals surface area contributed by atoms with E-state index >= 15 is 0 Å². The Morgan fingerprint density at radius 1 is 1.16 bits per heavy atom. The van der Waals surface area contributed by atoms with Gasteiger partial charge in [0.2, 0.25) is 0 Å². The molecule has 0 amide bonds. The average molecular weight is 266 g/mol. The van der Waals surface area contributed by atoms with E-state index in [-0.39, 0.29) is 13.0 Å². The number of carbonyl (C=O) groups excluding carboxylic acids is 2. The van der Waals surface area contributed by atoms with E-state index in [1.54, 1.807) is 0 Å². The first-order valence-corrected chi connectivity index (χ1v) is 6.00. The minimum absolute atomic E-state index is 0.108. The van der Waals surface area contributed by atoms with Gasteiger partial charge in [-0.1, -0.05) is 30.3 Å². The van der Waals surface area contributed by atoms with Crippen LogP contribution in [0, 0.1) is 5.92 Å². The summed E-state index contributed by atoms with van der Waals surface area (Å²) in [7, 11) is 0. The topological polar surface area (TPSA) is 105 Å². The minimum Gasteiger partial charge on any atom is -0.460 e. The summed E-state index contributed by atoms with van der Waals surface area (Å²) in [6.07, 6.45) is 0.778. The lowest BCUT2D eigenvalue weighted by Gasteiger charge is -2.13. The Morgan fingerprint density at radius 2 is 1.84 bits per heavy atom. The van der Waals surface area contributed by atoms with Crippen molar-refractivity contribution in [3.63, 3.8) is 0 Å². The Hall–Kier alpha value is -1.92. The lowest BCUT2D eigenvalue weighted by Crippen LogP contribution is -2.30. The van der Waals surface area contributed by atoms with Crippen molar-refractivity contribution in [1.29, 1.82) is 0 Å². The molecule has 0 fully saturated rings. The zero-order valence-corrected chi connectivity index (χ0v) is 10.6. The van der Waals surface area contributed by atoms with Gasteiger partial charge >= 0.3 is 11.9 Å². The zero-order valence-electron chi connectivity index (χ0n) is 10.6. The lowest BCUT2D eigenvalue weighted by molar-refractivity contribution is -0.163. The molecule has 1 rings (SSSR count). The number of esters is 1. The molecular formula is C13H18N2O4. The molecule has 1 aromatic carbocycles. The molecule has 0 spiro atoms. The van der Waals surface area contributed by atoms with Crippen molar-refractivity contribution < 1.29 is 19.2 Å². The smallest absolute Gasteiger partial charge is 0.338 e. The van der Waals surface area contributed by atoms with Crippen LogP contribution in [0.25, 0.3) is 0 Å². The maximum absolute atomic E-state index is 11.8. The van der Waals surface area contributed by atoms with Gasteiger partial charge in [0.1, 0.15) is 6.61 Å². The quantitative estimate of drug-likeness (QED) is 0.423. The number of hydrogen-bond acceptors (Lipinski definition) is 6. The standard InChI is InChI=1S/C13H18N2O4/c14-8-4-7-11(13(17)19-15)12(16)18-9-10-5-2-1-3-6-10/h1-3,5-6,11H,4,7-9,14-15H2/t11-/m0/s1. The second-order valence-corrected chi connectivity index (χ2v) is 4.01. The van der Waals surface area contributed by atoms with Crippen LogP contribution in [-0.2, 0) is 25.8 Å². The van der Waals surface area contributed by atoms with Crippen LogP contribution < -0.4 is 11.6 Å². The van der Waals surface area contributed by atoms with Gasteiger partial charge in [-0.05, 0) is 24.9 Å². The fraction of sp³-hybridized carbons (Fsp3) is 0.385. The molecule has 0 aliphatic heterocycles. The van der Waals surface area contributed by atoms with Crippen molar-refractivity contribution in [2.75, 3.05) is 6.54 Å². The third kappa shape index (κ3) is 5.07. The highest BCUT2D eigenvalue weighted by atomic mass is 16.7. The van der Waals surface area contributed by atoms with E-state index in [2.05, 4.69) is 4.84 Å². The van der Waals surface area contributed by atoms with Gasteiger partial charge in [0, 0.05) is 0 Å². The first-order valence-electron chi connectivity index (χ1n) is 6.00. The molecule has 104 valence electrons. The van der Waals surface area contributed by atoms with Crippen molar-refractivity contribution in [1.82, 2.24) is 0 Å². The average Bonchev–Trinajstić information content (AvgIpc) is 2.46. The number of nitrogens with two attached hydrogens (primary N) is 2. The van der Waals surface area contributed by atoms with E-state index in [9.17, 15) is 9.59 Å². The fourth-order valence-corrected chi connectivity index (χ4v) is 1.57. The van der Waals surface area contributed by atoms with Crippen molar-refractivity contribution in [2.45, 2.75) is 19.4 Å². The van der Waals surface area contributed by atoms with Gasteiger partial charge < -0.3 is 15.3 Å². The summed E-state index contributed by atoms with van der Waals surface area (Å²) in [6, 6.07) is 9.18. The van der Waals surface area contributed by atoms with Gasteiger partial charge in [0.25, 0.3) is 0 Å². The predicted octanol–water partition coefficient (Wildman–Crippen LogP) is 0.502. The second-order valence-electron chi connectivity index (χ2n) is 4.01. The molecule has 0 saturated heterocycles. The molecule has 0 aromatic heterocycles. The second kappa shape index (κ2) is 8.23. The summed E-state index contributed by atoms with van der Waals surface area (Å²) in [5.41, 5.74) is 6.19. The Kier molecular flexibility index (Phi) is 6.56. The van der Waals surface area contributed by atoms with Gasteiger partial charge in [-0.25, -0.2) is 4.79 Å². The number of benzene rings is 1. The van der Waals surface area contributed by atoms with E-state index in [4.69, 9.17) is 16.4 Å². The predicted molar refractivity (Wildman–Crippen MR) is 68.3 cm³/mol. The number of rotatable bonds is 7. The van der Waals surface area contributed by atoms with Gasteiger partial charge in [-0.15, -0.1) is 0 Å². The number of carbonyl (C=O) groups is 2. The molecule has 6 nitrogen and oxygen atoms in total. The first-order chi connectivity index (χ1) is 9.19. The normalized spacial score (nSPS) is 11.7. The Bertz CT molecular complexity index is 408. The van der Waals surface area contributed by atoms with Crippen LogP contribution in [0.5, 0.6) is 0 Å². The Balaban J connectivity index is 2.54. The van der Waals surface area contributed by atoms with Crippen LogP contribution in [0.3, 0.4) is 0 Å². The summed E-state index contributed by atoms with van der Waals surface area (Å²) in [4.78, 5) is 27.3. The summed E-state index contributed by atoms with van der Waals surface area (Å²) in [6.45, 7) is 0.483. The molecule has 0 saturated carbocycles. The molecule has 0 bridgehead atoms. The van der Waals surface area contributed by atoms with Gasteiger partial charge in [0.05, 0.1) is 0 Å².